The van der Waals surface area contributed by atoms with Gasteiger partial charge in [-0.3, -0.25) is 9.35 Å². The fraction of sp³-hybridized carbons (Fsp3) is 0.947. The van der Waals surface area contributed by atoms with Crippen molar-refractivity contribution < 1.29 is 52.4 Å². The van der Waals surface area contributed by atoms with Gasteiger partial charge >= 0.3 is 35.5 Å². The molecular formula is C19H38NaO5S+. The van der Waals surface area contributed by atoms with Crippen molar-refractivity contribution in [3.63, 3.8) is 0 Å². The number of carboxylic acid groups (broad SMARTS) is 1. The maximum absolute atomic E-state index is 10.9. The Bertz CT molecular complexity index is 426. The number of unbranched alkanes of at least 4 members (excludes halogenated alkanes) is 14. The van der Waals surface area contributed by atoms with Gasteiger partial charge in [-0.05, 0) is 6.42 Å². The van der Waals surface area contributed by atoms with Gasteiger partial charge in [-0.2, -0.15) is 8.42 Å². The topological polar surface area (TPSA) is 91.7 Å². The molecule has 26 heavy (non-hydrogen) atoms. The van der Waals surface area contributed by atoms with Crippen molar-refractivity contribution in [1.29, 1.82) is 0 Å². The van der Waals surface area contributed by atoms with Crippen LogP contribution in [0.1, 0.15) is 110 Å². The second-order valence-electron chi connectivity index (χ2n) is 7.08. The summed E-state index contributed by atoms with van der Waals surface area (Å²) in [5.41, 5.74) is 0. The largest absolute Gasteiger partial charge is 1.00 e. The van der Waals surface area contributed by atoms with E-state index in [1.54, 1.807) is 0 Å². The molecule has 0 aromatic carbocycles. The number of rotatable bonds is 18. The van der Waals surface area contributed by atoms with E-state index in [0.29, 0.717) is 6.42 Å². The van der Waals surface area contributed by atoms with Crippen LogP contribution in [0.5, 0.6) is 0 Å². The van der Waals surface area contributed by atoms with Gasteiger partial charge in [-0.15, -0.1) is 0 Å². The van der Waals surface area contributed by atoms with Gasteiger partial charge in [0.25, 0.3) is 10.1 Å². The Hall–Kier alpha value is 0.380. The van der Waals surface area contributed by atoms with Crippen molar-refractivity contribution in [2.45, 2.75) is 115 Å². The second-order valence-corrected chi connectivity index (χ2v) is 8.68. The molecule has 0 saturated carbocycles. The average molecular weight is 402 g/mol. The Morgan fingerprint density at radius 1 is 0.731 bits per heavy atom. The molecule has 0 bridgehead atoms. The summed E-state index contributed by atoms with van der Waals surface area (Å²) in [4.78, 5) is 10.8. The van der Waals surface area contributed by atoms with Gasteiger partial charge in [0, 0.05) is 0 Å². The molecule has 0 saturated heterocycles. The molecule has 0 rings (SSSR count). The third-order valence-electron chi connectivity index (χ3n) is 4.70. The van der Waals surface area contributed by atoms with Crippen molar-refractivity contribution in [3.05, 3.63) is 0 Å². The minimum absolute atomic E-state index is 0. The number of aliphatic carboxylic acids is 1. The minimum Gasteiger partial charge on any atom is -0.480 e. The average Bonchev–Trinajstić information content (AvgIpc) is 2.53. The van der Waals surface area contributed by atoms with E-state index in [2.05, 4.69) is 6.92 Å². The molecule has 1 atom stereocenters. The fourth-order valence-electron chi connectivity index (χ4n) is 3.10. The molecule has 0 radical (unpaired) electrons. The molecule has 0 amide bonds. The van der Waals surface area contributed by atoms with E-state index in [9.17, 15) is 13.2 Å². The molecular weight excluding hydrogens is 363 g/mol. The maximum Gasteiger partial charge on any atom is 1.00 e. The Kier molecular flexibility index (Phi) is 20.6. The second kappa shape index (κ2) is 18.7. The number of carboxylic acids is 1. The van der Waals surface area contributed by atoms with Crippen LogP contribution >= 0.6 is 0 Å². The number of carbonyl (C=O) groups is 1. The quantitative estimate of drug-likeness (QED) is 0.209. The minimum atomic E-state index is -4.48. The zero-order valence-corrected chi connectivity index (χ0v) is 19.7. The van der Waals surface area contributed by atoms with Crippen molar-refractivity contribution in [2.75, 3.05) is 0 Å². The Morgan fingerprint density at radius 3 is 1.31 bits per heavy atom. The van der Waals surface area contributed by atoms with Crippen molar-refractivity contribution in [1.82, 2.24) is 0 Å². The van der Waals surface area contributed by atoms with Gasteiger partial charge in [-0.25, -0.2) is 0 Å². The summed E-state index contributed by atoms with van der Waals surface area (Å²) in [7, 11) is -4.48. The third-order valence-corrected chi connectivity index (χ3v) is 5.86. The first-order chi connectivity index (χ1) is 11.9. The van der Waals surface area contributed by atoms with Crippen LogP contribution in [0.3, 0.4) is 0 Å². The Balaban J connectivity index is 0. The van der Waals surface area contributed by atoms with Crippen LogP contribution < -0.4 is 29.6 Å². The molecule has 1 unspecified atom stereocenters. The third kappa shape index (κ3) is 17.8. The zero-order valence-electron chi connectivity index (χ0n) is 16.9. The number of hydrogen-bond donors (Lipinski definition) is 2. The molecule has 0 aliphatic carbocycles. The van der Waals surface area contributed by atoms with Crippen LogP contribution in [0, 0.1) is 0 Å². The van der Waals surface area contributed by atoms with Crippen LogP contribution in [-0.4, -0.2) is 29.3 Å². The molecule has 0 aromatic heterocycles. The standard InChI is InChI=1S/C19H38O5S.Na/c1-2-3-4-5-6-7-8-9-10-11-12-13-14-15-16-17-18(19(20)21)25(22,23)24;/h18H,2-17H2,1H3,(H,20,21)(H,22,23,24);/q;+1. The Morgan fingerprint density at radius 2 is 1.04 bits per heavy atom. The molecule has 0 aliphatic heterocycles. The van der Waals surface area contributed by atoms with Crippen molar-refractivity contribution >= 4 is 16.1 Å². The van der Waals surface area contributed by atoms with E-state index in [1.165, 1.54) is 70.6 Å². The van der Waals surface area contributed by atoms with Gasteiger partial charge in [0.1, 0.15) is 0 Å². The van der Waals surface area contributed by atoms with Crippen LogP contribution in [0.2, 0.25) is 0 Å². The Labute approximate surface area is 182 Å². The molecule has 5 nitrogen and oxygen atoms in total. The van der Waals surface area contributed by atoms with Gasteiger partial charge in [0.05, 0.1) is 0 Å². The van der Waals surface area contributed by atoms with Gasteiger partial charge in [0.2, 0.25) is 0 Å². The van der Waals surface area contributed by atoms with Gasteiger partial charge in [-0.1, -0.05) is 103 Å². The molecule has 7 heteroatoms. The first kappa shape index (κ1) is 28.6. The van der Waals surface area contributed by atoms with Crippen LogP contribution in [0.15, 0.2) is 0 Å². The molecule has 2 N–H and O–H groups in total. The molecule has 0 fully saturated rings. The van der Waals surface area contributed by atoms with E-state index >= 15 is 0 Å². The summed E-state index contributed by atoms with van der Waals surface area (Å²) in [6.45, 7) is 2.24. The predicted molar refractivity (Wildman–Crippen MR) is 103 cm³/mol. The van der Waals surface area contributed by atoms with E-state index in [0.717, 1.165) is 19.3 Å². The van der Waals surface area contributed by atoms with Crippen LogP contribution in [-0.2, 0) is 14.9 Å². The summed E-state index contributed by atoms with van der Waals surface area (Å²) < 4.78 is 30.7. The van der Waals surface area contributed by atoms with E-state index < -0.39 is 21.3 Å². The van der Waals surface area contributed by atoms with Crippen molar-refractivity contribution in [2.24, 2.45) is 0 Å². The molecule has 0 aliphatic rings. The van der Waals surface area contributed by atoms with Crippen molar-refractivity contribution in [3.8, 4) is 0 Å². The smallest absolute Gasteiger partial charge is 0.480 e. The summed E-state index contributed by atoms with van der Waals surface area (Å²) in [5, 5.41) is 7.11. The summed E-state index contributed by atoms with van der Waals surface area (Å²) in [6, 6.07) is 0. The predicted octanol–water partition coefficient (Wildman–Crippen LogP) is 2.59. The summed E-state index contributed by atoms with van der Waals surface area (Å²) in [5.74, 6) is -1.46. The summed E-state index contributed by atoms with van der Waals surface area (Å²) in [6.07, 6.45) is 18.0. The molecule has 150 valence electrons. The molecule has 0 spiro atoms. The van der Waals surface area contributed by atoms with Gasteiger partial charge < -0.3 is 5.11 Å². The van der Waals surface area contributed by atoms with E-state index in [4.69, 9.17) is 9.66 Å². The first-order valence-corrected chi connectivity index (χ1v) is 11.6. The van der Waals surface area contributed by atoms with Crippen LogP contribution in [0.4, 0.5) is 0 Å². The monoisotopic (exact) mass is 401 g/mol. The normalized spacial score (nSPS) is 12.5. The van der Waals surface area contributed by atoms with Gasteiger partial charge in [0.15, 0.2) is 5.25 Å². The zero-order chi connectivity index (χ0) is 19.0. The molecule has 0 aromatic rings. The summed E-state index contributed by atoms with van der Waals surface area (Å²) >= 11 is 0. The fourth-order valence-corrected chi connectivity index (χ4v) is 3.82. The molecule has 0 heterocycles. The first-order valence-electron chi connectivity index (χ1n) is 10.1. The SMILES string of the molecule is CCCCCCCCCCCCCCCCCC(C(=O)O)S(=O)(=O)O.[Na+]. The number of hydrogen-bond acceptors (Lipinski definition) is 3. The van der Waals surface area contributed by atoms with Crippen LogP contribution in [0.25, 0.3) is 0 Å². The van der Waals surface area contributed by atoms with E-state index in [-0.39, 0.29) is 36.0 Å². The maximum atomic E-state index is 10.9. The van der Waals surface area contributed by atoms with E-state index in [1.807, 2.05) is 0 Å².